The van der Waals surface area contributed by atoms with Crippen molar-refractivity contribution in [1.82, 2.24) is 5.32 Å². The van der Waals surface area contributed by atoms with Gasteiger partial charge in [-0.3, -0.25) is 9.59 Å². The number of amides is 2. The predicted molar refractivity (Wildman–Crippen MR) is 71.6 cm³/mol. The van der Waals surface area contributed by atoms with Crippen LogP contribution in [0, 0.1) is 0 Å². The Labute approximate surface area is 120 Å². The molecule has 0 radical (unpaired) electrons. The smallest absolute Gasteiger partial charge is 0.387 e. The SMILES string of the molecule is NC(=O)CC(N)C(=O)NCCc1ccc(OC(F)F)cc1. The Morgan fingerprint density at radius 1 is 1.24 bits per heavy atom. The van der Waals surface area contributed by atoms with Gasteiger partial charge in [-0.2, -0.15) is 8.78 Å². The number of carbonyl (C=O) groups is 2. The summed E-state index contributed by atoms with van der Waals surface area (Å²) in [4.78, 5) is 22.1. The first-order valence-corrected chi connectivity index (χ1v) is 6.24. The number of primary amides is 1. The van der Waals surface area contributed by atoms with Crippen LogP contribution < -0.4 is 21.5 Å². The van der Waals surface area contributed by atoms with Crippen LogP contribution in [0.4, 0.5) is 8.78 Å². The molecule has 0 bridgehead atoms. The van der Waals surface area contributed by atoms with Crippen LogP contribution in [0.2, 0.25) is 0 Å². The minimum Gasteiger partial charge on any atom is -0.435 e. The largest absolute Gasteiger partial charge is 0.435 e. The van der Waals surface area contributed by atoms with E-state index < -0.39 is 24.5 Å². The fraction of sp³-hybridized carbons (Fsp3) is 0.385. The minimum atomic E-state index is -2.86. The molecule has 2 amide bonds. The Kier molecular flexibility index (Phi) is 6.54. The van der Waals surface area contributed by atoms with E-state index in [0.717, 1.165) is 5.56 Å². The highest BCUT2D eigenvalue weighted by molar-refractivity contribution is 5.87. The molecule has 0 aliphatic rings. The van der Waals surface area contributed by atoms with Crippen molar-refractivity contribution in [3.63, 3.8) is 0 Å². The molecule has 116 valence electrons. The van der Waals surface area contributed by atoms with Crippen LogP contribution in [-0.4, -0.2) is 31.0 Å². The lowest BCUT2D eigenvalue weighted by atomic mass is 10.1. The first kappa shape index (κ1) is 16.8. The van der Waals surface area contributed by atoms with Gasteiger partial charge in [0.2, 0.25) is 11.8 Å². The van der Waals surface area contributed by atoms with E-state index in [1.165, 1.54) is 12.1 Å². The van der Waals surface area contributed by atoms with Crippen LogP contribution in [-0.2, 0) is 16.0 Å². The summed E-state index contributed by atoms with van der Waals surface area (Å²) in [5, 5.41) is 2.56. The second kappa shape index (κ2) is 8.15. The lowest BCUT2D eigenvalue weighted by molar-refractivity contribution is -0.126. The number of carbonyl (C=O) groups excluding carboxylic acids is 2. The second-order valence-electron chi connectivity index (χ2n) is 4.34. The van der Waals surface area contributed by atoms with Crippen LogP contribution in [0.15, 0.2) is 24.3 Å². The number of halogens is 2. The summed E-state index contributed by atoms with van der Waals surface area (Å²) in [7, 11) is 0. The van der Waals surface area contributed by atoms with E-state index in [-0.39, 0.29) is 12.2 Å². The summed E-state index contributed by atoms with van der Waals surface area (Å²) in [5.74, 6) is -1.04. The average Bonchev–Trinajstić information content (AvgIpc) is 2.39. The van der Waals surface area contributed by atoms with Gasteiger partial charge >= 0.3 is 6.61 Å². The molecule has 0 heterocycles. The number of ether oxygens (including phenoxy) is 1. The first-order valence-electron chi connectivity index (χ1n) is 6.24. The Bertz CT molecular complexity index is 480. The van der Waals surface area contributed by atoms with Crippen molar-refractivity contribution in [3.8, 4) is 5.75 Å². The number of alkyl halides is 2. The van der Waals surface area contributed by atoms with Crippen molar-refractivity contribution >= 4 is 11.8 Å². The van der Waals surface area contributed by atoms with Gasteiger partial charge in [-0.05, 0) is 24.1 Å². The van der Waals surface area contributed by atoms with Crippen molar-refractivity contribution < 1.29 is 23.1 Å². The van der Waals surface area contributed by atoms with E-state index in [0.29, 0.717) is 13.0 Å². The molecular formula is C13H17F2N3O3. The maximum absolute atomic E-state index is 12.0. The van der Waals surface area contributed by atoms with E-state index >= 15 is 0 Å². The Balaban J connectivity index is 2.35. The molecule has 1 rings (SSSR count). The standard InChI is InChI=1S/C13H17F2N3O3/c14-13(15)21-9-3-1-8(2-4-9)5-6-18-12(20)10(16)7-11(17)19/h1-4,10,13H,5-7,16H2,(H2,17,19)(H,18,20). The van der Waals surface area contributed by atoms with E-state index in [1.807, 2.05) is 0 Å². The zero-order valence-corrected chi connectivity index (χ0v) is 11.2. The number of nitrogens with two attached hydrogens (primary N) is 2. The number of rotatable bonds is 8. The van der Waals surface area contributed by atoms with Gasteiger partial charge in [0.05, 0.1) is 12.5 Å². The molecule has 0 aliphatic carbocycles. The van der Waals surface area contributed by atoms with Gasteiger partial charge in [0.1, 0.15) is 5.75 Å². The third-order valence-electron chi connectivity index (χ3n) is 2.62. The summed E-state index contributed by atoms with van der Waals surface area (Å²) in [6.07, 6.45) is 0.273. The van der Waals surface area contributed by atoms with Crippen LogP contribution >= 0.6 is 0 Å². The van der Waals surface area contributed by atoms with Gasteiger partial charge in [-0.1, -0.05) is 12.1 Å². The lowest BCUT2D eigenvalue weighted by Gasteiger charge is -2.10. The van der Waals surface area contributed by atoms with Crippen molar-refractivity contribution in [2.24, 2.45) is 11.5 Å². The van der Waals surface area contributed by atoms with E-state index in [9.17, 15) is 18.4 Å². The molecule has 1 atom stereocenters. The molecule has 1 aromatic rings. The Hall–Kier alpha value is -2.22. The molecule has 0 aliphatic heterocycles. The fourth-order valence-corrected chi connectivity index (χ4v) is 1.61. The summed E-state index contributed by atoms with van der Waals surface area (Å²) in [6, 6.07) is 5.11. The summed E-state index contributed by atoms with van der Waals surface area (Å²) >= 11 is 0. The normalized spacial score (nSPS) is 12.0. The maximum atomic E-state index is 12.0. The lowest BCUT2D eigenvalue weighted by Crippen LogP contribution is -2.43. The van der Waals surface area contributed by atoms with Crippen molar-refractivity contribution in [1.29, 1.82) is 0 Å². The minimum absolute atomic E-state index is 0.0706. The number of hydrogen-bond donors (Lipinski definition) is 3. The van der Waals surface area contributed by atoms with Gasteiger partial charge in [0.25, 0.3) is 0 Å². The third-order valence-corrected chi connectivity index (χ3v) is 2.62. The summed E-state index contributed by atoms with van der Waals surface area (Å²) in [5.41, 5.74) is 11.2. The zero-order chi connectivity index (χ0) is 15.8. The van der Waals surface area contributed by atoms with Gasteiger partial charge in [-0.15, -0.1) is 0 Å². The number of hydrogen-bond acceptors (Lipinski definition) is 4. The maximum Gasteiger partial charge on any atom is 0.387 e. The molecular weight excluding hydrogens is 284 g/mol. The molecule has 0 fully saturated rings. The molecule has 6 nitrogen and oxygen atoms in total. The third kappa shape index (κ3) is 6.66. The highest BCUT2D eigenvalue weighted by atomic mass is 19.3. The Morgan fingerprint density at radius 3 is 2.38 bits per heavy atom. The molecule has 8 heteroatoms. The molecule has 5 N–H and O–H groups in total. The highest BCUT2D eigenvalue weighted by Crippen LogP contribution is 2.14. The molecule has 0 saturated heterocycles. The fourth-order valence-electron chi connectivity index (χ4n) is 1.61. The first-order chi connectivity index (χ1) is 9.88. The summed E-state index contributed by atoms with van der Waals surface area (Å²) in [6.45, 7) is -2.55. The molecule has 1 aromatic carbocycles. The van der Waals surface area contributed by atoms with Crippen LogP contribution in [0.5, 0.6) is 5.75 Å². The van der Waals surface area contributed by atoms with Gasteiger partial charge in [-0.25, -0.2) is 0 Å². The zero-order valence-electron chi connectivity index (χ0n) is 11.2. The quantitative estimate of drug-likeness (QED) is 0.635. The van der Waals surface area contributed by atoms with Crippen LogP contribution in [0.1, 0.15) is 12.0 Å². The predicted octanol–water partition coefficient (Wildman–Crippen LogP) is 0.149. The van der Waals surface area contributed by atoms with Gasteiger partial charge in [0, 0.05) is 6.54 Å². The Morgan fingerprint density at radius 2 is 1.86 bits per heavy atom. The molecule has 21 heavy (non-hydrogen) atoms. The second-order valence-corrected chi connectivity index (χ2v) is 4.34. The molecule has 0 spiro atoms. The van der Waals surface area contributed by atoms with Crippen molar-refractivity contribution in [2.75, 3.05) is 6.54 Å². The molecule has 0 saturated carbocycles. The van der Waals surface area contributed by atoms with Gasteiger partial charge < -0.3 is 21.5 Å². The number of benzene rings is 1. The van der Waals surface area contributed by atoms with Crippen LogP contribution in [0.3, 0.4) is 0 Å². The van der Waals surface area contributed by atoms with E-state index in [2.05, 4.69) is 10.1 Å². The van der Waals surface area contributed by atoms with E-state index in [4.69, 9.17) is 11.5 Å². The highest BCUT2D eigenvalue weighted by Gasteiger charge is 2.15. The monoisotopic (exact) mass is 301 g/mol. The topological polar surface area (TPSA) is 107 Å². The molecule has 1 unspecified atom stereocenters. The van der Waals surface area contributed by atoms with Crippen molar-refractivity contribution in [3.05, 3.63) is 29.8 Å². The summed E-state index contributed by atoms with van der Waals surface area (Å²) < 4.78 is 28.1. The van der Waals surface area contributed by atoms with E-state index in [1.54, 1.807) is 12.1 Å². The van der Waals surface area contributed by atoms with Crippen LogP contribution in [0.25, 0.3) is 0 Å². The molecule has 0 aromatic heterocycles. The van der Waals surface area contributed by atoms with Gasteiger partial charge in [0.15, 0.2) is 0 Å². The number of nitrogens with one attached hydrogen (secondary N) is 1. The van der Waals surface area contributed by atoms with Crippen molar-refractivity contribution in [2.45, 2.75) is 25.5 Å². The average molecular weight is 301 g/mol.